The molecule has 25 heavy (non-hydrogen) atoms. The predicted molar refractivity (Wildman–Crippen MR) is 87.4 cm³/mol. The van der Waals surface area contributed by atoms with Gasteiger partial charge in [0.15, 0.2) is 5.69 Å². The summed E-state index contributed by atoms with van der Waals surface area (Å²) in [6.45, 7) is 0. The quantitative estimate of drug-likeness (QED) is 0.763. The summed E-state index contributed by atoms with van der Waals surface area (Å²) in [7, 11) is 0. The molecule has 2 N–H and O–H groups in total. The Bertz CT molecular complexity index is 860. The van der Waals surface area contributed by atoms with Crippen LogP contribution in [0.15, 0.2) is 42.7 Å². The van der Waals surface area contributed by atoms with Gasteiger partial charge in [-0.25, -0.2) is 9.97 Å². The number of rotatable bonds is 4. The number of aryl methyl sites for hydroxylation is 1. The molecule has 0 unspecified atom stereocenters. The molecule has 0 saturated carbocycles. The molecule has 0 aliphatic rings. The molecular formula is C16H13ClF3N5. The lowest BCUT2D eigenvalue weighted by Crippen LogP contribution is -2.10. The van der Waals surface area contributed by atoms with Crippen molar-refractivity contribution in [2.75, 3.05) is 5.73 Å². The molecule has 2 aromatic heterocycles. The molecule has 0 spiro atoms. The van der Waals surface area contributed by atoms with Crippen molar-refractivity contribution in [1.82, 2.24) is 19.7 Å². The number of hydrogen-bond donors (Lipinski definition) is 1. The standard InChI is InChI=1S/C16H13ClF3N5/c17-11-5-2-10(3-6-11)4-7-12-13(16(18,19)20)24-25(14(12)21)15-22-8-1-9-23-15/h1-3,5-6,8-9H,4,7,21H2. The summed E-state index contributed by atoms with van der Waals surface area (Å²) < 4.78 is 41.0. The first-order valence-electron chi connectivity index (χ1n) is 7.32. The lowest BCUT2D eigenvalue weighted by Gasteiger charge is -2.07. The lowest BCUT2D eigenvalue weighted by atomic mass is 10.0. The van der Waals surface area contributed by atoms with E-state index in [0.717, 1.165) is 10.2 Å². The molecule has 9 heteroatoms. The van der Waals surface area contributed by atoms with E-state index in [2.05, 4.69) is 15.1 Å². The normalized spacial score (nSPS) is 11.7. The highest BCUT2D eigenvalue weighted by Crippen LogP contribution is 2.35. The second-order valence-corrected chi connectivity index (χ2v) is 5.73. The van der Waals surface area contributed by atoms with Gasteiger partial charge in [0.2, 0.25) is 0 Å². The van der Waals surface area contributed by atoms with E-state index in [4.69, 9.17) is 17.3 Å². The molecular weight excluding hydrogens is 355 g/mol. The van der Waals surface area contributed by atoms with Crippen LogP contribution >= 0.6 is 11.6 Å². The SMILES string of the molecule is Nc1c(CCc2ccc(Cl)cc2)c(C(F)(F)F)nn1-c1ncccn1. The molecule has 130 valence electrons. The van der Waals surface area contributed by atoms with Crippen LogP contribution in [0.5, 0.6) is 0 Å². The Kier molecular flexibility index (Phi) is 4.63. The van der Waals surface area contributed by atoms with E-state index in [9.17, 15) is 13.2 Å². The Labute approximate surface area is 146 Å². The number of aromatic nitrogens is 4. The van der Waals surface area contributed by atoms with Crippen molar-refractivity contribution in [3.05, 3.63) is 64.6 Å². The molecule has 0 aliphatic carbocycles. The molecule has 3 rings (SSSR count). The zero-order valence-electron chi connectivity index (χ0n) is 12.8. The maximum Gasteiger partial charge on any atom is 0.435 e. The average Bonchev–Trinajstić information content (AvgIpc) is 2.92. The number of nitrogen functional groups attached to an aromatic ring is 1. The Morgan fingerprint density at radius 1 is 1.04 bits per heavy atom. The molecule has 3 aromatic rings. The van der Waals surface area contributed by atoms with Gasteiger partial charge in [0.05, 0.1) is 0 Å². The van der Waals surface area contributed by atoms with Crippen LogP contribution in [-0.4, -0.2) is 19.7 Å². The van der Waals surface area contributed by atoms with Gasteiger partial charge >= 0.3 is 6.18 Å². The first-order chi connectivity index (χ1) is 11.9. The van der Waals surface area contributed by atoms with E-state index < -0.39 is 11.9 Å². The van der Waals surface area contributed by atoms with Crippen molar-refractivity contribution in [3.8, 4) is 5.95 Å². The van der Waals surface area contributed by atoms with Crippen LogP contribution in [0.25, 0.3) is 5.95 Å². The van der Waals surface area contributed by atoms with Gasteiger partial charge in [0.25, 0.3) is 5.95 Å². The van der Waals surface area contributed by atoms with Crippen molar-refractivity contribution >= 4 is 17.4 Å². The summed E-state index contributed by atoms with van der Waals surface area (Å²) in [5, 5.41) is 4.16. The van der Waals surface area contributed by atoms with Gasteiger partial charge in [-0.1, -0.05) is 23.7 Å². The van der Waals surface area contributed by atoms with E-state index in [1.54, 1.807) is 30.3 Å². The highest BCUT2D eigenvalue weighted by atomic mass is 35.5. The van der Waals surface area contributed by atoms with Crippen LogP contribution in [0, 0.1) is 0 Å². The Morgan fingerprint density at radius 3 is 2.28 bits per heavy atom. The fraction of sp³-hybridized carbons (Fsp3) is 0.188. The number of alkyl halides is 3. The van der Waals surface area contributed by atoms with E-state index in [-0.39, 0.29) is 23.8 Å². The molecule has 0 aliphatic heterocycles. The van der Waals surface area contributed by atoms with E-state index in [1.807, 2.05) is 0 Å². The summed E-state index contributed by atoms with van der Waals surface area (Å²) in [4.78, 5) is 7.80. The van der Waals surface area contributed by atoms with Crippen LogP contribution in [0.4, 0.5) is 19.0 Å². The number of anilines is 1. The molecule has 0 radical (unpaired) electrons. The Balaban J connectivity index is 1.96. The second kappa shape index (κ2) is 6.72. The minimum absolute atomic E-state index is 0.0109. The van der Waals surface area contributed by atoms with Gasteiger partial charge in [-0.05, 0) is 36.6 Å². The predicted octanol–water partition coefficient (Wildman–Crippen LogP) is 3.70. The highest BCUT2D eigenvalue weighted by molar-refractivity contribution is 6.30. The Hall–Kier alpha value is -2.61. The first-order valence-corrected chi connectivity index (χ1v) is 7.70. The Morgan fingerprint density at radius 2 is 1.68 bits per heavy atom. The number of benzene rings is 1. The summed E-state index contributed by atoms with van der Waals surface area (Å²) in [5.74, 6) is -0.129. The molecule has 0 amide bonds. The molecule has 0 saturated heterocycles. The fourth-order valence-electron chi connectivity index (χ4n) is 2.41. The molecule has 0 atom stereocenters. The summed E-state index contributed by atoms with van der Waals surface area (Å²) in [6.07, 6.45) is -1.36. The molecule has 2 heterocycles. The van der Waals surface area contributed by atoms with Crippen LogP contribution in [-0.2, 0) is 19.0 Å². The molecule has 0 bridgehead atoms. The number of hydrogen-bond acceptors (Lipinski definition) is 4. The van der Waals surface area contributed by atoms with Gasteiger partial charge in [-0.2, -0.15) is 23.0 Å². The number of nitrogens with two attached hydrogens (primary N) is 1. The van der Waals surface area contributed by atoms with Crippen molar-refractivity contribution in [3.63, 3.8) is 0 Å². The molecule has 5 nitrogen and oxygen atoms in total. The molecule has 1 aromatic carbocycles. The third kappa shape index (κ3) is 3.74. The van der Waals surface area contributed by atoms with Crippen LogP contribution in [0.1, 0.15) is 16.8 Å². The minimum Gasteiger partial charge on any atom is -0.383 e. The monoisotopic (exact) mass is 367 g/mol. The van der Waals surface area contributed by atoms with E-state index >= 15 is 0 Å². The van der Waals surface area contributed by atoms with Gasteiger partial charge < -0.3 is 5.73 Å². The van der Waals surface area contributed by atoms with Crippen molar-refractivity contribution < 1.29 is 13.2 Å². The van der Waals surface area contributed by atoms with Gasteiger partial charge in [0, 0.05) is 23.0 Å². The molecule has 0 fully saturated rings. The maximum absolute atomic E-state index is 13.3. The third-order valence-corrected chi connectivity index (χ3v) is 3.86. The van der Waals surface area contributed by atoms with Crippen molar-refractivity contribution in [2.45, 2.75) is 19.0 Å². The van der Waals surface area contributed by atoms with Gasteiger partial charge in [0.1, 0.15) is 5.82 Å². The van der Waals surface area contributed by atoms with Crippen molar-refractivity contribution in [1.29, 1.82) is 0 Å². The fourth-order valence-corrected chi connectivity index (χ4v) is 2.54. The third-order valence-electron chi connectivity index (χ3n) is 3.61. The number of halogens is 4. The van der Waals surface area contributed by atoms with Crippen LogP contribution in [0.2, 0.25) is 5.02 Å². The van der Waals surface area contributed by atoms with Gasteiger partial charge in [-0.3, -0.25) is 0 Å². The lowest BCUT2D eigenvalue weighted by molar-refractivity contribution is -0.141. The maximum atomic E-state index is 13.3. The number of nitrogens with zero attached hydrogens (tertiary/aromatic N) is 4. The van der Waals surface area contributed by atoms with Crippen molar-refractivity contribution in [2.24, 2.45) is 0 Å². The second-order valence-electron chi connectivity index (χ2n) is 5.30. The minimum atomic E-state index is -4.62. The smallest absolute Gasteiger partial charge is 0.383 e. The van der Waals surface area contributed by atoms with Gasteiger partial charge in [-0.15, -0.1) is 0 Å². The van der Waals surface area contributed by atoms with E-state index in [1.165, 1.54) is 12.4 Å². The largest absolute Gasteiger partial charge is 0.435 e. The van der Waals surface area contributed by atoms with E-state index in [0.29, 0.717) is 11.4 Å². The summed E-state index contributed by atoms with van der Waals surface area (Å²) in [6, 6.07) is 8.45. The average molecular weight is 368 g/mol. The zero-order valence-corrected chi connectivity index (χ0v) is 13.6. The topological polar surface area (TPSA) is 69.6 Å². The van der Waals surface area contributed by atoms with Crippen LogP contribution in [0.3, 0.4) is 0 Å². The summed E-state index contributed by atoms with van der Waals surface area (Å²) >= 11 is 5.81. The highest BCUT2D eigenvalue weighted by Gasteiger charge is 2.39. The van der Waals surface area contributed by atoms with Crippen LogP contribution < -0.4 is 5.73 Å². The summed E-state index contributed by atoms with van der Waals surface area (Å²) in [5.41, 5.74) is 5.67. The first kappa shape index (κ1) is 17.2. The zero-order chi connectivity index (χ0) is 18.0.